The molecule has 1 heterocycles. The molecule has 0 unspecified atom stereocenters. The monoisotopic (exact) mass is 274 g/mol. The summed E-state index contributed by atoms with van der Waals surface area (Å²) in [6.07, 6.45) is 4.67. The van der Waals surface area contributed by atoms with Crippen LogP contribution in [0.4, 0.5) is 0 Å². The van der Waals surface area contributed by atoms with Gasteiger partial charge in [0, 0.05) is 6.04 Å². The van der Waals surface area contributed by atoms with E-state index in [9.17, 15) is 4.79 Å². The summed E-state index contributed by atoms with van der Waals surface area (Å²) in [4.78, 5) is 14.7. The van der Waals surface area contributed by atoms with Gasteiger partial charge in [-0.05, 0) is 24.8 Å². The number of amides is 1. The molecule has 2 rings (SSSR count). The third kappa shape index (κ3) is 2.96. The van der Waals surface area contributed by atoms with E-state index in [1.165, 1.54) is 19.3 Å². The summed E-state index contributed by atoms with van der Waals surface area (Å²) in [6, 6.07) is 1.82. The number of carbonyl (C=O) groups is 1. The summed E-state index contributed by atoms with van der Waals surface area (Å²) in [5, 5.41) is 3.73. The molecule has 1 amide bonds. The highest BCUT2D eigenvalue weighted by Gasteiger charge is 2.24. The van der Waals surface area contributed by atoms with Crippen molar-refractivity contribution in [3.63, 3.8) is 0 Å². The Morgan fingerprint density at radius 3 is 2.71 bits per heavy atom. The van der Waals surface area contributed by atoms with Gasteiger partial charge in [-0.1, -0.05) is 43.0 Å². The topological polar surface area (TPSA) is 44.9 Å². The minimum absolute atomic E-state index is 0.127. The molecule has 94 valence electrons. The molecular weight excluding hydrogens is 259 g/mol. The van der Waals surface area contributed by atoms with Crippen LogP contribution in [0, 0.1) is 5.92 Å². The highest BCUT2D eigenvalue weighted by molar-refractivity contribution is 6.41. The van der Waals surface area contributed by atoms with Gasteiger partial charge in [0.25, 0.3) is 5.91 Å². The lowest BCUT2D eigenvalue weighted by molar-refractivity contribution is 0.0906. The standard InChI is InChI=1S/C12H16Cl2N2O/c1-7-4-2-3-5-9(7)16-12(17)10-6-8(13)11(14)15-10/h6-7,9,15H,2-5H2,1H3,(H,16,17)/t7-,9-/m0/s1. The number of halogens is 2. The molecular formula is C12H16Cl2N2O. The third-order valence-corrected chi connectivity index (χ3v) is 4.09. The molecule has 5 heteroatoms. The molecule has 0 radical (unpaired) electrons. The number of aromatic amines is 1. The zero-order valence-electron chi connectivity index (χ0n) is 9.72. The van der Waals surface area contributed by atoms with E-state index in [1.807, 2.05) is 0 Å². The first-order chi connectivity index (χ1) is 8.08. The quantitative estimate of drug-likeness (QED) is 0.850. The first-order valence-electron chi connectivity index (χ1n) is 5.93. The van der Waals surface area contributed by atoms with E-state index in [2.05, 4.69) is 17.2 Å². The van der Waals surface area contributed by atoms with Gasteiger partial charge in [-0.2, -0.15) is 0 Å². The molecule has 17 heavy (non-hydrogen) atoms. The molecule has 0 spiro atoms. The molecule has 0 aliphatic heterocycles. The molecule has 1 aliphatic carbocycles. The van der Waals surface area contributed by atoms with Gasteiger partial charge < -0.3 is 10.3 Å². The molecule has 0 saturated heterocycles. The van der Waals surface area contributed by atoms with Crippen LogP contribution in [0.1, 0.15) is 43.1 Å². The number of aromatic nitrogens is 1. The van der Waals surface area contributed by atoms with Crippen LogP contribution in [0.3, 0.4) is 0 Å². The lowest BCUT2D eigenvalue weighted by Crippen LogP contribution is -2.41. The van der Waals surface area contributed by atoms with E-state index >= 15 is 0 Å². The Labute approximate surface area is 111 Å². The highest BCUT2D eigenvalue weighted by atomic mass is 35.5. The SMILES string of the molecule is C[C@H]1CCCC[C@@H]1NC(=O)c1cc(Cl)c(Cl)[nH]1. The maximum Gasteiger partial charge on any atom is 0.268 e. The highest BCUT2D eigenvalue weighted by Crippen LogP contribution is 2.25. The van der Waals surface area contributed by atoms with Gasteiger partial charge in [0.2, 0.25) is 0 Å². The van der Waals surface area contributed by atoms with Gasteiger partial charge in [-0.25, -0.2) is 0 Å². The van der Waals surface area contributed by atoms with Crippen LogP contribution in [-0.2, 0) is 0 Å². The third-order valence-electron chi connectivity index (χ3n) is 3.40. The zero-order chi connectivity index (χ0) is 12.4. The second-order valence-corrected chi connectivity index (χ2v) is 5.47. The van der Waals surface area contributed by atoms with Crippen LogP contribution in [0.5, 0.6) is 0 Å². The van der Waals surface area contributed by atoms with Gasteiger partial charge in [0.05, 0.1) is 5.02 Å². The van der Waals surface area contributed by atoms with Crippen LogP contribution in [0.2, 0.25) is 10.2 Å². The van der Waals surface area contributed by atoms with Gasteiger partial charge in [0.1, 0.15) is 10.8 Å². The first kappa shape index (κ1) is 12.8. The molecule has 1 fully saturated rings. The Bertz CT molecular complexity index is 397. The first-order valence-corrected chi connectivity index (χ1v) is 6.68. The normalized spacial score (nSPS) is 24.6. The van der Waals surface area contributed by atoms with Gasteiger partial charge >= 0.3 is 0 Å². The molecule has 0 aromatic carbocycles. The summed E-state index contributed by atoms with van der Waals surface area (Å²) >= 11 is 11.6. The van der Waals surface area contributed by atoms with Crippen molar-refractivity contribution in [2.75, 3.05) is 0 Å². The fourth-order valence-corrected chi connectivity index (χ4v) is 2.62. The van der Waals surface area contributed by atoms with Crippen molar-refractivity contribution in [1.29, 1.82) is 0 Å². The summed E-state index contributed by atoms with van der Waals surface area (Å²) < 4.78 is 0. The number of rotatable bonds is 2. The van der Waals surface area contributed by atoms with Gasteiger partial charge in [0.15, 0.2) is 0 Å². The number of hydrogen-bond acceptors (Lipinski definition) is 1. The lowest BCUT2D eigenvalue weighted by Gasteiger charge is -2.29. The summed E-state index contributed by atoms with van der Waals surface area (Å²) in [6.45, 7) is 2.18. The number of carbonyl (C=O) groups excluding carboxylic acids is 1. The molecule has 1 aromatic rings. The number of hydrogen-bond donors (Lipinski definition) is 2. The summed E-state index contributed by atoms with van der Waals surface area (Å²) in [5.74, 6) is 0.408. The van der Waals surface area contributed by atoms with Crippen molar-refractivity contribution in [1.82, 2.24) is 10.3 Å². The fraction of sp³-hybridized carbons (Fsp3) is 0.583. The Kier molecular flexibility index (Phi) is 4.00. The second-order valence-electron chi connectivity index (χ2n) is 4.69. The Morgan fingerprint density at radius 1 is 1.41 bits per heavy atom. The summed E-state index contributed by atoms with van der Waals surface area (Å²) in [5.41, 5.74) is 0.428. The number of nitrogens with one attached hydrogen (secondary N) is 2. The van der Waals surface area contributed by atoms with Gasteiger partial charge in [-0.3, -0.25) is 4.79 Å². The van der Waals surface area contributed by atoms with E-state index in [1.54, 1.807) is 6.07 Å². The Hall–Kier alpha value is -0.670. The largest absolute Gasteiger partial charge is 0.348 e. The van der Waals surface area contributed by atoms with Gasteiger partial charge in [-0.15, -0.1) is 0 Å². The second kappa shape index (κ2) is 5.32. The van der Waals surface area contributed by atoms with E-state index in [0.29, 0.717) is 21.8 Å². The van der Waals surface area contributed by atoms with Crippen LogP contribution in [0.25, 0.3) is 0 Å². The smallest absolute Gasteiger partial charge is 0.268 e. The van der Waals surface area contributed by atoms with Crippen LogP contribution >= 0.6 is 23.2 Å². The van der Waals surface area contributed by atoms with Crippen molar-refractivity contribution in [3.8, 4) is 0 Å². The molecule has 0 bridgehead atoms. The van der Waals surface area contributed by atoms with Crippen LogP contribution in [-0.4, -0.2) is 16.9 Å². The van der Waals surface area contributed by atoms with Crippen LogP contribution < -0.4 is 5.32 Å². The fourth-order valence-electron chi connectivity index (χ4n) is 2.30. The van der Waals surface area contributed by atoms with Crippen molar-refractivity contribution >= 4 is 29.1 Å². The summed E-state index contributed by atoms with van der Waals surface area (Å²) in [7, 11) is 0. The molecule has 2 atom stereocenters. The predicted molar refractivity (Wildman–Crippen MR) is 69.7 cm³/mol. The van der Waals surface area contributed by atoms with E-state index in [0.717, 1.165) is 6.42 Å². The maximum absolute atomic E-state index is 12.0. The minimum Gasteiger partial charge on any atom is -0.348 e. The maximum atomic E-state index is 12.0. The number of H-pyrrole nitrogens is 1. The predicted octanol–water partition coefficient (Wildman–Crippen LogP) is 3.63. The van der Waals surface area contributed by atoms with E-state index in [4.69, 9.17) is 23.2 Å². The Balaban J connectivity index is 2.01. The zero-order valence-corrected chi connectivity index (χ0v) is 11.2. The molecule has 3 nitrogen and oxygen atoms in total. The average molecular weight is 275 g/mol. The van der Waals surface area contributed by atoms with Crippen molar-refractivity contribution in [2.24, 2.45) is 5.92 Å². The van der Waals surface area contributed by atoms with Crippen LogP contribution in [0.15, 0.2) is 6.07 Å². The van der Waals surface area contributed by atoms with E-state index in [-0.39, 0.29) is 11.9 Å². The molecule has 1 aromatic heterocycles. The average Bonchev–Trinajstić information content (AvgIpc) is 2.63. The minimum atomic E-state index is -0.127. The van der Waals surface area contributed by atoms with Crippen molar-refractivity contribution in [2.45, 2.75) is 38.6 Å². The van der Waals surface area contributed by atoms with Crippen molar-refractivity contribution < 1.29 is 4.79 Å². The van der Waals surface area contributed by atoms with Crippen molar-refractivity contribution in [3.05, 3.63) is 21.9 Å². The molecule has 1 aliphatic rings. The molecule has 1 saturated carbocycles. The molecule has 2 N–H and O–H groups in total. The lowest BCUT2D eigenvalue weighted by atomic mass is 9.86. The Morgan fingerprint density at radius 2 is 2.12 bits per heavy atom. The van der Waals surface area contributed by atoms with E-state index < -0.39 is 0 Å².